The number of carbonyl (C=O) groups excluding carboxylic acids is 1. The number of benzene rings is 1. The average Bonchev–Trinajstić information content (AvgIpc) is 2.19. The van der Waals surface area contributed by atoms with E-state index in [0.717, 1.165) is 5.69 Å². The Morgan fingerprint density at radius 3 is 2.67 bits per heavy atom. The van der Waals surface area contributed by atoms with Crippen LogP contribution in [0.1, 0.15) is 13.3 Å². The van der Waals surface area contributed by atoms with E-state index in [-0.39, 0.29) is 18.7 Å². The number of aliphatic hydroxyl groups is 1. The van der Waals surface area contributed by atoms with Gasteiger partial charge in [0, 0.05) is 18.3 Å². The first-order valence-corrected chi connectivity index (χ1v) is 4.96. The van der Waals surface area contributed by atoms with Crippen LogP contribution in [0.25, 0.3) is 0 Å². The summed E-state index contributed by atoms with van der Waals surface area (Å²) in [7, 11) is 0. The molecule has 1 aromatic rings. The highest BCUT2D eigenvalue weighted by Gasteiger charge is 2.05. The molecule has 0 saturated carbocycles. The molecule has 0 radical (unpaired) electrons. The number of aliphatic hydroxyl groups excluding tert-OH is 1. The van der Waals surface area contributed by atoms with E-state index >= 15 is 0 Å². The Labute approximate surface area is 89.3 Å². The van der Waals surface area contributed by atoms with Gasteiger partial charge in [-0.1, -0.05) is 18.2 Å². The van der Waals surface area contributed by atoms with Gasteiger partial charge in [0.25, 0.3) is 0 Å². The van der Waals surface area contributed by atoms with E-state index in [1.807, 2.05) is 37.3 Å². The number of urea groups is 1. The zero-order chi connectivity index (χ0) is 11.1. The van der Waals surface area contributed by atoms with Crippen LogP contribution in [0.4, 0.5) is 10.5 Å². The van der Waals surface area contributed by atoms with Gasteiger partial charge in [-0.25, -0.2) is 4.79 Å². The maximum atomic E-state index is 11.4. The Balaban J connectivity index is 2.36. The number of amides is 2. The molecule has 3 N–H and O–H groups in total. The van der Waals surface area contributed by atoms with Gasteiger partial charge in [-0.05, 0) is 25.5 Å². The summed E-state index contributed by atoms with van der Waals surface area (Å²) in [4.78, 5) is 11.4. The van der Waals surface area contributed by atoms with Crippen LogP contribution >= 0.6 is 0 Å². The highest BCUT2D eigenvalue weighted by atomic mass is 16.3. The number of carbonyl (C=O) groups is 1. The molecular formula is C11H16N2O2. The van der Waals surface area contributed by atoms with Crippen LogP contribution < -0.4 is 10.6 Å². The number of hydrogen-bond acceptors (Lipinski definition) is 2. The number of hydrogen-bond donors (Lipinski definition) is 3. The first-order valence-electron chi connectivity index (χ1n) is 4.96. The Bertz CT molecular complexity index is 301. The van der Waals surface area contributed by atoms with Gasteiger partial charge in [-0.3, -0.25) is 0 Å². The number of rotatable bonds is 4. The van der Waals surface area contributed by atoms with Crippen molar-refractivity contribution in [2.45, 2.75) is 19.4 Å². The van der Waals surface area contributed by atoms with Gasteiger partial charge < -0.3 is 15.7 Å². The van der Waals surface area contributed by atoms with Gasteiger partial charge in [-0.15, -0.1) is 0 Å². The smallest absolute Gasteiger partial charge is 0.319 e. The van der Waals surface area contributed by atoms with E-state index in [4.69, 9.17) is 5.11 Å². The van der Waals surface area contributed by atoms with Crippen LogP contribution in [-0.4, -0.2) is 23.8 Å². The Morgan fingerprint density at radius 1 is 1.40 bits per heavy atom. The topological polar surface area (TPSA) is 61.4 Å². The van der Waals surface area contributed by atoms with Gasteiger partial charge in [0.05, 0.1) is 0 Å². The lowest BCUT2D eigenvalue weighted by Gasteiger charge is -2.13. The zero-order valence-electron chi connectivity index (χ0n) is 8.73. The summed E-state index contributed by atoms with van der Waals surface area (Å²) < 4.78 is 0. The van der Waals surface area contributed by atoms with Gasteiger partial charge in [0.15, 0.2) is 0 Å². The predicted molar refractivity (Wildman–Crippen MR) is 59.8 cm³/mol. The highest BCUT2D eigenvalue weighted by molar-refractivity contribution is 5.89. The molecule has 15 heavy (non-hydrogen) atoms. The molecule has 0 unspecified atom stereocenters. The standard InChI is InChI=1S/C11H16N2O2/c1-9(7-8-14)12-11(15)13-10-5-3-2-4-6-10/h2-6,9,14H,7-8H2,1H3,(H2,12,13,15)/t9-/m1/s1. The average molecular weight is 208 g/mol. The van der Waals surface area contributed by atoms with Crippen LogP contribution in [0, 0.1) is 0 Å². The molecule has 0 aliphatic rings. The van der Waals surface area contributed by atoms with Crippen molar-refractivity contribution in [3.05, 3.63) is 30.3 Å². The normalized spacial score (nSPS) is 11.9. The van der Waals surface area contributed by atoms with Gasteiger partial charge >= 0.3 is 6.03 Å². The summed E-state index contributed by atoms with van der Waals surface area (Å²) in [6, 6.07) is 8.95. The van der Waals surface area contributed by atoms with Crippen molar-refractivity contribution in [3.63, 3.8) is 0 Å². The molecule has 0 saturated heterocycles. The SMILES string of the molecule is C[C@H](CCO)NC(=O)Nc1ccccc1. The molecule has 0 aliphatic heterocycles. The largest absolute Gasteiger partial charge is 0.396 e. The monoisotopic (exact) mass is 208 g/mol. The minimum atomic E-state index is -0.248. The van der Waals surface area contributed by atoms with Crippen molar-refractivity contribution in [1.29, 1.82) is 0 Å². The molecule has 4 heteroatoms. The molecular weight excluding hydrogens is 192 g/mol. The van der Waals surface area contributed by atoms with Crippen LogP contribution in [0.5, 0.6) is 0 Å². The van der Waals surface area contributed by atoms with Crippen LogP contribution in [-0.2, 0) is 0 Å². The fourth-order valence-corrected chi connectivity index (χ4v) is 1.18. The summed E-state index contributed by atoms with van der Waals surface area (Å²) in [5.74, 6) is 0. The number of para-hydroxylation sites is 1. The summed E-state index contributed by atoms with van der Waals surface area (Å²) in [5, 5.41) is 14.1. The minimum absolute atomic E-state index is 0.0290. The first kappa shape index (κ1) is 11.5. The van der Waals surface area contributed by atoms with Gasteiger partial charge in [0.1, 0.15) is 0 Å². The molecule has 0 heterocycles. The van der Waals surface area contributed by atoms with Crippen molar-refractivity contribution in [1.82, 2.24) is 5.32 Å². The number of anilines is 1. The second-order valence-electron chi connectivity index (χ2n) is 3.38. The summed E-state index contributed by atoms with van der Waals surface area (Å²) in [6.07, 6.45) is 0.558. The third-order valence-electron chi connectivity index (χ3n) is 1.97. The van der Waals surface area contributed by atoms with E-state index in [9.17, 15) is 4.79 Å². The van der Waals surface area contributed by atoms with Gasteiger partial charge in [-0.2, -0.15) is 0 Å². The highest BCUT2D eigenvalue weighted by Crippen LogP contribution is 2.04. The fraction of sp³-hybridized carbons (Fsp3) is 0.364. The molecule has 4 nitrogen and oxygen atoms in total. The van der Waals surface area contributed by atoms with Crippen molar-refractivity contribution in [2.24, 2.45) is 0 Å². The fourth-order valence-electron chi connectivity index (χ4n) is 1.18. The van der Waals surface area contributed by atoms with E-state index in [0.29, 0.717) is 6.42 Å². The molecule has 0 fully saturated rings. The summed E-state index contributed by atoms with van der Waals surface area (Å²) in [6.45, 7) is 1.92. The van der Waals surface area contributed by atoms with E-state index in [2.05, 4.69) is 10.6 Å². The summed E-state index contributed by atoms with van der Waals surface area (Å²) >= 11 is 0. The molecule has 82 valence electrons. The van der Waals surface area contributed by atoms with Crippen molar-refractivity contribution in [3.8, 4) is 0 Å². The molecule has 1 atom stereocenters. The third kappa shape index (κ3) is 4.46. The zero-order valence-corrected chi connectivity index (χ0v) is 8.73. The van der Waals surface area contributed by atoms with Crippen molar-refractivity contribution >= 4 is 11.7 Å². The Morgan fingerprint density at radius 2 is 2.07 bits per heavy atom. The molecule has 2 amide bonds. The lowest BCUT2D eigenvalue weighted by molar-refractivity contribution is 0.241. The maximum absolute atomic E-state index is 11.4. The first-order chi connectivity index (χ1) is 7.22. The quantitative estimate of drug-likeness (QED) is 0.703. The summed E-state index contributed by atoms with van der Waals surface area (Å²) in [5.41, 5.74) is 0.756. The number of nitrogens with one attached hydrogen (secondary N) is 2. The van der Waals surface area contributed by atoms with Crippen molar-refractivity contribution in [2.75, 3.05) is 11.9 Å². The third-order valence-corrected chi connectivity index (χ3v) is 1.97. The molecule has 1 rings (SSSR count). The second-order valence-corrected chi connectivity index (χ2v) is 3.38. The second kappa shape index (κ2) is 6.03. The van der Waals surface area contributed by atoms with Crippen LogP contribution in [0.2, 0.25) is 0 Å². The van der Waals surface area contributed by atoms with Gasteiger partial charge in [0.2, 0.25) is 0 Å². The minimum Gasteiger partial charge on any atom is -0.396 e. The molecule has 0 aliphatic carbocycles. The van der Waals surface area contributed by atoms with E-state index in [1.165, 1.54) is 0 Å². The molecule has 0 aromatic heterocycles. The molecule has 1 aromatic carbocycles. The predicted octanol–water partition coefficient (Wildman–Crippen LogP) is 1.58. The Kier molecular flexibility index (Phi) is 4.63. The van der Waals surface area contributed by atoms with Crippen LogP contribution in [0.15, 0.2) is 30.3 Å². The molecule has 0 spiro atoms. The Hall–Kier alpha value is -1.55. The molecule has 0 bridgehead atoms. The lowest BCUT2D eigenvalue weighted by Crippen LogP contribution is -2.36. The van der Waals surface area contributed by atoms with E-state index < -0.39 is 0 Å². The van der Waals surface area contributed by atoms with Crippen molar-refractivity contribution < 1.29 is 9.90 Å². The van der Waals surface area contributed by atoms with E-state index in [1.54, 1.807) is 0 Å². The lowest BCUT2D eigenvalue weighted by atomic mass is 10.2. The maximum Gasteiger partial charge on any atom is 0.319 e. The van der Waals surface area contributed by atoms with Crippen LogP contribution in [0.3, 0.4) is 0 Å².